The molecule has 0 aromatic rings. The molecule has 0 nitrogen and oxygen atoms in total. The fourth-order valence-electron chi connectivity index (χ4n) is 2.19. The maximum Gasteiger partial charge on any atom is -0.0286 e. The summed E-state index contributed by atoms with van der Waals surface area (Å²) in [7, 11) is 0. The van der Waals surface area contributed by atoms with E-state index >= 15 is 0 Å². The molecule has 0 aromatic carbocycles. The van der Waals surface area contributed by atoms with E-state index in [9.17, 15) is 0 Å². The second kappa shape index (κ2) is 14.5. The lowest BCUT2D eigenvalue weighted by molar-refractivity contribution is 0.673. The average molecular weight is 250 g/mol. The van der Waals surface area contributed by atoms with Gasteiger partial charge in [-0.25, -0.2) is 0 Å². The zero-order chi connectivity index (χ0) is 13.5. The molecular weight excluding hydrogens is 216 g/mol. The molecule has 0 saturated heterocycles. The predicted octanol–water partition coefficient (Wildman–Crippen LogP) is 6.82. The second-order valence-corrected chi connectivity index (χ2v) is 5.26. The topological polar surface area (TPSA) is 0 Å². The van der Waals surface area contributed by atoms with Gasteiger partial charge in [0.25, 0.3) is 0 Å². The van der Waals surface area contributed by atoms with Crippen molar-refractivity contribution in [1.82, 2.24) is 0 Å². The van der Waals surface area contributed by atoms with E-state index in [1.165, 1.54) is 70.6 Å². The Morgan fingerprint density at radius 3 is 2.11 bits per heavy atom. The summed E-state index contributed by atoms with van der Waals surface area (Å²) in [4.78, 5) is 0. The highest BCUT2D eigenvalue weighted by Crippen LogP contribution is 2.14. The van der Waals surface area contributed by atoms with Gasteiger partial charge in [-0.2, -0.15) is 0 Å². The Kier molecular flexibility index (Phi) is 14.1. The van der Waals surface area contributed by atoms with Crippen molar-refractivity contribution in [1.29, 1.82) is 0 Å². The minimum atomic E-state index is 1.24. The summed E-state index contributed by atoms with van der Waals surface area (Å²) in [6.45, 7) is 6.81. The summed E-state index contributed by atoms with van der Waals surface area (Å²) in [6.07, 6.45) is 21.7. The van der Waals surface area contributed by atoms with Crippen LogP contribution in [0.15, 0.2) is 23.8 Å². The minimum Gasteiger partial charge on any atom is -0.0885 e. The van der Waals surface area contributed by atoms with Gasteiger partial charge in [0.1, 0.15) is 0 Å². The average Bonchev–Trinajstić information content (AvgIpc) is 2.39. The van der Waals surface area contributed by atoms with E-state index < -0.39 is 0 Å². The molecule has 0 spiro atoms. The Hall–Kier alpha value is -0.520. The van der Waals surface area contributed by atoms with Crippen LogP contribution in [0, 0.1) is 0 Å². The van der Waals surface area contributed by atoms with Crippen molar-refractivity contribution in [3.05, 3.63) is 23.8 Å². The number of unbranched alkanes of at least 4 members (excludes halogenated alkanes) is 5. The van der Waals surface area contributed by atoms with Crippen LogP contribution in [0.25, 0.3) is 0 Å². The van der Waals surface area contributed by atoms with Crippen LogP contribution in [0.2, 0.25) is 0 Å². The van der Waals surface area contributed by atoms with E-state index in [2.05, 4.69) is 39.0 Å². The number of allylic oxidation sites excluding steroid dienone is 4. The Morgan fingerprint density at radius 2 is 1.44 bits per heavy atom. The van der Waals surface area contributed by atoms with Crippen LogP contribution in [0.3, 0.4) is 0 Å². The van der Waals surface area contributed by atoms with E-state index in [1.807, 2.05) is 0 Å². The zero-order valence-corrected chi connectivity index (χ0v) is 13.0. The molecule has 0 aromatic heterocycles. The molecule has 0 aliphatic carbocycles. The molecule has 18 heavy (non-hydrogen) atoms. The van der Waals surface area contributed by atoms with Gasteiger partial charge >= 0.3 is 0 Å². The van der Waals surface area contributed by atoms with Crippen molar-refractivity contribution < 1.29 is 0 Å². The molecule has 0 atom stereocenters. The van der Waals surface area contributed by atoms with Crippen molar-refractivity contribution in [2.24, 2.45) is 0 Å². The molecule has 0 heteroatoms. The van der Waals surface area contributed by atoms with Gasteiger partial charge in [-0.05, 0) is 38.5 Å². The first-order valence-corrected chi connectivity index (χ1v) is 8.18. The standard InChI is InChI=1S/C18H34/c1-4-7-9-10-11-12-13-14-17-18(15-6-3)16-8-5-2/h12-13,16H,4-11,14-15,17H2,1-3H3/b13-12-,18-16+. The van der Waals surface area contributed by atoms with E-state index in [-0.39, 0.29) is 0 Å². The van der Waals surface area contributed by atoms with E-state index in [4.69, 9.17) is 0 Å². The smallest absolute Gasteiger partial charge is 0.0286 e. The van der Waals surface area contributed by atoms with Crippen LogP contribution in [0.5, 0.6) is 0 Å². The predicted molar refractivity (Wildman–Crippen MR) is 85.0 cm³/mol. The van der Waals surface area contributed by atoms with Crippen LogP contribution in [-0.2, 0) is 0 Å². The molecule has 0 N–H and O–H groups in total. The molecule has 0 radical (unpaired) electrons. The van der Waals surface area contributed by atoms with Crippen LogP contribution >= 0.6 is 0 Å². The fourth-order valence-corrected chi connectivity index (χ4v) is 2.19. The second-order valence-electron chi connectivity index (χ2n) is 5.26. The molecule has 0 saturated carbocycles. The molecule has 106 valence electrons. The quantitative estimate of drug-likeness (QED) is 0.263. The third kappa shape index (κ3) is 12.0. The molecule has 0 aliphatic rings. The van der Waals surface area contributed by atoms with E-state index in [1.54, 1.807) is 5.57 Å². The van der Waals surface area contributed by atoms with Crippen LogP contribution in [0.4, 0.5) is 0 Å². The highest BCUT2D eigenvalue weighted by atomic mass is 14.0. The zero-order valence-electron chi connectivity index (χ0n) is 13.0. The summed E-state index contributed by atoms with van der Waals surface area (Å²) in [5.74, 6) is 0. The van der Waals surface area contributed by atoms with Crippen molar-refractivity contribution in [3.63, 3.8) is 0 Å². The number of hydrogen-bond donors (Lipinski definition) is 0. The third-order valence-electron chi connectivity index (χ3n) is 3.32. The van der Waals surface area contributed by atoms with Gasteiger partial charge in [0, 0.05) is 0 Å². The van der Waals surface area contributed by atoms with Crippen molar-refractivity contribution in [2.45, 2.75) is 91.4 Å². The fraction of sp³-hybridized carbons (Fsp3) is 0.778. The maximum absolute atomic E-state index is 2.47. The molecule has 0 fully saturated rings. The molecule has 0 amide bonds. The van der Waals surface area contributed by atoms with Crippen molar-refractivity contribution in [3.8, 4) is 0 Å². The summed E-state index contributed by atoms with van der Waals surface area (Å²) >= 11 is 0. The van der Waals surface area contributed by atoms with Crippen LogP contribution in [-0.4, -0.2) is 0 Å². The molecule has 0 heterocycles. The summed E-state index contributed by atoms with van der Waals surface area (Å²) < 4.78 is 0. The summed E-state index contributed by atoms with van der Waals surface area (Å²) in [6, 6.07) is 0. The van der Waals surface area contributed by atoms with Gasteiger partial charge in [0.2, 0.25) is 0 Å². The molecule has 0 aliphatic heterocycles. The highest BCUT2D eigenvalue weighted by molar-refractivity contribution is 5.03. The molecule has 0 bridgehead atoms. The Morgan fingerprint density at radius 1 is 0.667 bits per heavy atom. The van der Waals surface area contributed by atoms with Gasteiger partial charge in [0.15, 0.2) is 0 Å². The first kappa shape index (κ1) is 17.5. The largest absolute Gasteiger partial charge is 0.0885 e. The van der Waals surface area contributed by atoms with Crippen LogP contribution in [0.1, 0.15) is 91.4 Å². The van der Waals surface area contributed by atoms with Gasteiger partial charge in [-0.15, -0.1) is 0 Å². The van der Waals surface area contributed by atoms with Gasteiger partial charge < -0.3 is 0 Å². The number of rotatable bonds is 12. The summed E-state index contributed by atoms with van der Waals surface area (Å²) in [5, 5.41) is 0. The molecular formula is C18H34. The van der Waals surface area contributed by atoms with Gasteiger partial charge in [0.05, 0.1) is 0 Å². The first-order valence-electron chi connectivity index (χ1n) is 8.18. The lowest BCUT2D eigenvalue weighted by atomic mass is 10.0. The number of hydrogen-bond acceptors (Lipinski definition) is 0. The SMILES string of the molecule is CCC/C=C(\CCC)CC/C=C\CCCCCC. The van der Waals surface area contributed by atoms with E-state index in [0.29, 0.717) is 0 Å². The maximum atomic E-state index is 2.47. The lowest BCUT2D eigenvalue weighted by Crippen LogP contribution is -1.84. The van der Waals surface area contributed by atoms with Crippen LogP contribution < -0.4 is 0 Å². The van der Waals surface area contributed by atoms with E-state index in [0.717, 1.165) is 0 Å². The Bertz CT molecular complexity index is 210. The van der Waals surface area contributed by atoms with Gasteiger partial charge in [-0.1, -0.05) is 76.7 Å². The van der Waals surface area contributed by atoms with Gasteiger partial charge in [-0.3, -0.25) is 0 Å². The Balaban J connectivity index is 3.61. The molecule has 0 unspecified atom stereocenters. The lowest BCUT2D eigenvalue weighted by Gasteiger charge is -2.04. The minimum absolute atomic E-state index is 1.24. The highest BCUT2D eigenvalue weighted by Gasteiger charge is 1.94. The first-order chi connectivity index (χ1) is 8.85. The van der Waals surface area contributed by atoms with Crippen molar-refractivity contribution in [2.75, 3.05) is 0 Å². The Labute approximate surface area is 116 Å². The third-order valence-corrected chi connectivity index (χ3v) is 3.32. The normalized spacial score (nSPS) is 12.5. The monoisotopic (exact) mass is 250 g/mol. The van der Waals surface area contributed by atoms with Crippen molar-refractivity contribution >= 4 is 0 Å². The molecule has 0 rings (SSSR count). The summed E-state index contributed by atoms with van der Waals surface area (Å²) in [5.41, 5.74) is 1.68.